The van der Waals surface area contributed by atoms with Crippen LogP contribution in [0.4, 0.5) is 0 Å². The average molecular weight is 466 g/mol. The van der Waals surface area contributed by atoms with Crippen molar-refractivity contribution in [1.29, 1.82) is 0 Å². The highest BCUT2D eigenvalue weighted by Gasteiger charge is 2.45. The number of amides is 1. The highest BCUT2D eigenvalue weighted by Crippen LogP contribution is 2.39. The number of ether oxygens (including phenoxy) is 1. The van der Waals surface area contributed by atoms with Crippen LogP contribution in [0.3, 0.4) is 0 Å². The monoisotopic (exact) mass is 465 g/mol. The Morgan fingerprint density at radius 2 is 1.71 bits per heavy atom. The number of hydrogen-bond donors (Lipinski definition) is 1. The van der Waals surface area contributed by atoms with E-state index in [0.717, 1.165) is 43.7 Å². The number of likely N-dealkylation sites (tertiary alicyclic amines) is 1. The normalized spacial score (nSPS) is 17.5. The lowest BCUT2D eigenvalue weighted by Crippen LogP contribution is -2.38. The number of likely N-dealkylation sites (N-methyl/N-ethyl adjacent to an activating group) is 1. The average Bonchev–Trinajstić information content (AvgIpc) is 3.12. The van der Waals surface area contributed by atoms with Gasteiger partial charge in [-0.2, -0.15) is 0 Å². The lowest BCUT2D eigenvalue weighted by atomic mass is 9.95. The largest absolute Gasteiger partial charge is 0.507 e. The molecule has 1 atom stereocenters. The van der Waals surface area contributed by atoms with Gasteiger partial charge in [0, 0.05) is 31.0 Å². The van der Waals surface area contributed by atoms with E-state index in [0.29, 0.717) is 25.3 Å². The van der Waals surface area contributed by atoms with Gasteiger partial charge in [0.25, 0.3) is 11.7 Å². The first-order valence-electron chi connectivity index (χ1n) is 12.2. The van der Waals surface area contributed by atoms with Crippen molar-refractivity contribution in [2.24, 2.45) is 0 Å². The van der Waals surface area contributed by atoms with Gasteiger partial charge in [-0.15, -0.1) is 0 Å². The molecule has 1 unspecified atom stereocenters. The summed E-state index contributed by atoms with van der Waals surface area (Å²) in [5, 5.41) is 11.1. The van der Waals surface area contributed by atoms with Crippen LogP contribution < -0.4 is 4.74 Å². The van der Waals surface area contributed by atoms with Gasteiger partial charge in [0.15, 0.2) is 0 Å². The molecule has 0 spiro atoms. The van der Waals surface area contributed by atoms with Gasteiger partial charge in [0.2, 0.25) is 0 Å². The van der Waals surface area contributed by atoms with Gasteiger partial charge in [-0.1, -0.05) is 45.7 Å². The van der Waals surface area contributed by atoms with E-state index in [9.17, 15) is 14.7 Å². The van der Waals surface area contributed by atoms with Gasteiger partial charge < -0.3 is 19.6 Å². The molecule has 0 radical (unpaired) electrons. The Labute approximate surface area is 202 Å². The smallest absolute Gasteiger partial charge is 0.295 e. The maximum atomic E-state index is 13.1. The number of rotatable bonds is 12. The number of aliphatic hydroxyl groups is 1. The molecule has 34 heavy (non-hydrogen) atoms. The Balaban J connectivity index is 1.95. The fourth-order valence-corrected chi connectivity index (χ4v) is 4.20. The van der Waals surface area contributed by atoms with Crippen LogP contribution in [0.25, 0.3) is 5.76 Å². The van der Waals surface area contributed by atoms with E-state index in [1.165, 1.54) is 0 Å². The summed E-state index contributed by atoms with van der Waals surface area (Å²) in [4.78, 5) is 33.9. The van der Waals surface area contributed by atoms with E-state index in [1.54, 1.807) is 29.4 Å². The molecule has 1 aromatic carbocycles. The molecular formula is C27H35N3O4. The molecule has 1 saturated heterocycles. The van der Waals surface area contributed by atoms with Crippen LogP contribution in [-0.4, -0.2) is 64.4 Å². The first-order chi connectivity index (χ1) is 16.5. The predicted molar refractivity (Wildman–Crippen MR) is 132 cm³/mol. The van der Waals surface area contributed by atoms with Crippen molar-refractivity contribution in [3.05, 3.63) is 65.5 Å². The van der Waals surface area contributed by atoms with Crippen LogP contribution in [0.15, 0.2) is 54.4 Å². The summed E-state index contributed by atoms with van der Waals surface area (Å²) in [7, 11) is 0. The Bertz CT molecular complexity index is 985. The second-order valence-corrected chi connectivity index (χ2v) is 8.38. The molecule has 1 aliphatic rings. The molecule has 2 heterocycles. The minimum atomic E-state index is -0.669. The zero-order valence-corrected chi connectivity index (χ0v) is 20.4. The number of ketones is 1. The lowest BCUT2D eigenvalue weighted by Gasteiger charge is -2.28. The molecule has 1 aliphatic heterocycles. The van der Waals surface area contributed by atoms with Gasteiger partial charge in [0.05, 0.1) is 18.2 Å². The summed E-state index contributed by atoms with van der Waals surface area (Å²) in [5.74, 6) is -0.698. The third-order valence-electron chi connectivity index (χ3n) is 6.26. The summed E-state index contributed by atoms with van der Waals surface area (Å²) in [6, 6.07) is 10.0. The minimum absolute atomic E-state index is 0.104. The van der Waals surface area contributed by atoms with Gasteiger partial charge in [-0.05, 0) is 49.3 Å². The van der Waals surface area contributed by atoms with Crippen LogP contribution in [0.2, 0.25) is 0 Å². The van der Waals surface area contributed by atoms with E-state index < -0.39 is 17.7 Å². The van der Waals surface area contributed by atoms with E-state index >= 15 is 0 Å². The molecule has 0 saturated carbocycles. The summed E-state index contributed by atoms with van der Waals surface area (Å²) >= 11 is 0. The summed E-state index contributed by atoms with van der Waals surface area (Å²) < 4.78 is 5.82. The number of hydrogen-bond acceptors (Lipinski definition) is 6. The molecular weight excluding hydrogens is 430 g/mol. The zero-order chi connectivity index (χ0) is 24.5. The number of carbonyl (C=O) groups excluding carboxylic acids is 2. The van der Waals surface area contributed by atoms with Gasteiger partial charge in [-0.25, -0.2) is 0 Å². The van der Waals surface area contributed by atoms with E-state index in [4.69, 9.17) is 4.74 Å². The predicted octanol–water partition coefficient (Wildman–Crippen LogP) is 4.41. The second-order valence-electron chi connectivity index (χ2n) is 8.38. The second kappa shape index (κ2) is 12.3. The summed E-state index contributed by atoms with van der Waals surface area (Å²) in [5.41, 5.74) is 1.32. The lowest BCUT2D eigenvalue weighted by molar-refractivity contribution is -0.140. The molecule has 182 valence electrons. The van der Waals surface area contributed by atoms with Crippen LogP contribution in [0, 0.1) is 0 Å². The molecule has 1 N–H and O–H groups in total. The number of aromatic nitrogens is 1. The Morgan fingerprint density at radius 3 is 2.32 bits per heavy atom. The van der Waals surface area contributed by atoms with Crippen molar-refractivity contribution < 1.29 is 19.4 Å². The minimum Gasteiger partial charge on any atom is -0.507 e. The molecule has 2 aromatic rings. The Morgan fingerprint density at radius 1 is 1.03 bits per heavy atom. The first-order valence-corrected chi connectivity index (χ1v) is 12.2. The summed E-state index contributed by atoms with van der Waals surface area (Å²) in [6.45, 7) is 9.67. The Hall–Kier alpha value is -3.19. The van der Waals surface area contributed by atoms with E-state index in [1.807, 2.05) is 24.3 Å². The molecule has 1 amide bonds. The highest BCUT2D eigenvalue weighted by molar-refractivity contribution is 6.46. The molecule has 0 aliphatic carbocycles. The van der Waals surface area contributed by atoms with E-state index in [2.05, 4.69) is 30.7 Å². The number of benzene rings is 1. The van der Waals surface area contributed by atoms with Crippen LogP contribution in [0.5, 0.6) is 5.75 Å². The van der Waals surface area contributed by atoms with E-state index in [-0.39, 0.29) is 11.3 Å². The number of nitrogens with zero attached hydrogens (tertiary/aromatic N) is 3. The molecule has 7 heteroatoms. The van der Waals surface area contributed by atoms with Crippen molar-refractivity contribution in [1.82, 2.24) is 14.8 Å². The van der Waals surface area contributed by atoms with Crippen LogP contribution in [0.1, 0.15) is 57.2 Å². The van der Waals surface area contributed by atoms with Gasteiger partial charge in [-0.3, -0.25) is 14.6 Å². The van der Waals surface area contributed by atoms with Crippen molar-refractivity contribution in [2.45, 2.75) is 46.1 Å². The Kier molecular flexibility index (Phi) is 9.22. The highest BCUT2D eigenvalue weighted by atomic mass is 16.5. The SMILES string of the molecule is CCCCCOc1ccc(C2/C(=C(\O)c3ccncc3)C(=O)C(=O)N2CCN(CC)CC)cc1. The van der Waals surface area contributed by atoms with Gasteiger partial charge >= 0.3 is 0 Å². The third-order valence-corrected chi connectivity index (χ3v) is 6.26. The number of unbranched alkanes of at least 4 members (excludes halogenated alkanes) is 2. The third kappa shape index (κ3) is 5.83. The maximum absolute atomic E-state index is 13.1. The quantitative estimate of drug-likeness (QED) is 0.216. The molecule has 0 bridgehead atoms. The number of aliphatic hydroxyl groups excluding tert-OH is 1. The fourth-order valence-electron chi connectivity index (χ4n) is 4.20. The number of carbonyl (C=O) groups is 2. The van der Waals surface area contributed by atoms with Crippen molar-refractivity contribution in [2.75, 3.05) is 32.8 Å². The standard InChI is InChI=1S/C27H35N3O4/c1-4-7-8-19-34-22-11-9-20(10-12-22)24-23(25(31)21-13-15-28-16-14-21)26(32)27(33)30(24)18-17-29(5-2)6-3/h9-16,24,31H,4-8,17-19H2,1-3H3/b25-23+. The van der Waals surface area contributed by atoms with Crippen molar-refractivity contribution >= 4 is 17.4 Å². The first kappa shape index (κ1) is 25.4. The van der Waals surface area contributed by atoms with Crippen LogP contribution in [-0.2, 0) is 9.59 Å². The van der Waals surface area contributed by atoms with Gasteiger partial charge in [0.1, 0.15) is 11.5 Å². The van der Waals surface area contributed by atoms with Crippen LogP contribution >= 0.6 is 0 Å². The van der Waals surface area contributed by atoms with Crippen molar-refractivity contribution in [3.63, 3.8) is 0 Å². The topological polar surface area (TPSA) is 83.0 Å². The zero-order valence-electron chi connectivity index (χ0n) is 20.4. The van der Waals surface area contributed by atoms with Crippen molar-refractivity contribution in [3.8, 4) is 5.75 Å². The number of Topliss-reactive ketones (excluding diaryl/α,β-unsaturated/α-hetero) is 1. The molecule has 1 aromatic heterocycles. The summed E-state index contributed by atoms with van der Waals surface area (Å²) in [6.07, 6.45) is 6.34. The molecule has 1 fully saturated rings. The maximum Gasteiger partial charge on any atom is 0.295 e. The molecule has 3 rings (SSSR count). The molecule has 7 nitrogen and oxygen atoms in total. The fraction of sp³-hybridized carbons (Fsp3) is 0.444. The number of pyridine rings is 1.